The highest BCUT2D eigenvalue weighted by Crippen LogP contribution is 2.18. The number of allylic oxidation sites excluding steroid dienone is 2. The zero-order chi connectivity index (χ0) is 24.2. The molecule has 4 rings (SSSR count). The van der Waals surface area contributed by atoms with Crippen LogP contribution in [-0.2, 0) is 9.59 Å². The lowest BCUT2D eigenvalue weighted by atomic mass is 10.0. The summed E-state index contributed by atoms with van der Waals surface area (Å²) in [6.07, 6.45) is 10.4. The lowest BCUT2D eigenvalue weighted by Gasteiger charge is -2.34. The molecule has 34 heavy (non-hydrogen) atoms. The van der Waals surface area contributed by atoms with Crippen LogP contribution >= 0.6 is 0 Å². The van der Waals surface area contributed by atoms with Crippen LogP contribution in [0.1, 0.15) is 55.8 Å². The molecule has 0 aromatic carbocycles. The first-order valence-corrected chi connectivity index (χ1v) is 11.7. The van der Waals surface area contributed by atoms with E-state index < -0.39 is 23.9 Å². The Morgan fingerprint density at radius 2 is 2.06 bits per heavy atom. The number of carbonyl (C=O) groups is 3. The number of amidine groups is 1. The zero-order valence-corrected chi connectivity index (χ0v) is 19.7. The van der Waals surface area contributed by atoms with Crippen LogP contribution in [0, 0.1) is 6.92 Å². The number of aliphatic imine (C=N–C) groups is 2. The Kier molecular flexibility index (Phi) is 7.04. The molecule has 4 atom stereocenters. The minimum Gasteiger partial charge on any atom is -0.361 e. The predicted octanol–water partition coefficient (Wildman–Crippen LogP) is 1.72. The van der Waals surface area contributed by atoms with Crippen molar-refractivity contribution in [2.75, 3.05) is 6.54 Å². The maximum absolute atomic E-state index is 13.2. The molecule has 1 aromatic heterocycles. The monoisotopic (exact) mass is 466 g/mol. The molecule has 10 heteroatoms. The fourth-order valence-electron chi connectivity index (χ4n) is 4.30. The van der Waals surface area contributed by atoms with Crippen molar-refractivity contribution < 1.29 is 18.9 Å². The second-order valence-corrected chi connectivity index (χ2v) is 8.93. The van der Waals surface area contributed by atoms with E-state index in [1.54, 1.807) is 18.7 Å². The van der Waals surface area contributed by atoms with Crippen molar-refractivity contribution in [3.63, 3.8) is 0 Å². The highest BCUT2D eigenvalue weighted by Gasteiger charge is 2.32. The summed E-state index contributed by atoms with van der Waals surface area (Å²) in [5.41, 5.74) is 0.871. The topological polar surface area (TPSA) is 129 Å². The van der Waals surface area contributed by atoms with Crippen LogP contribution in [0.2, 0.25) is 0 Å². The maximum Gasteiger partial charge on any atom is 0.274 e. The minimum atomic E-state index is -1.08. The van der Waals surface area contributed by atoms with E-state index in [2.05, 4.69) is 25.8 Å². The van der Waals surface area contributed by atoms with E-state index in [-0.39, 0.29) is 30.1 Å². The van der Waals surface area contributed by atoms with Gasteiger partial charge < -0.3 is 20.1 Å². The number of amides is 3. The van der Waals surface area contributed by atoms with Crippen LogP contribution in [0.15, 0.2) is 44.9 Å². The van der Waals surface area contributed by atoms with Gasteiger partial charge in [-0.3, -0.25) is 19.4 Å². The molecule has 0 saturated carbocycles. The molecule has 1 aromatic rings. The highest BCUT2D eigenvalue weighted by molar-refractivity contribution is 6.14. The number of piperidine rings is 1. The molecule has 1 aliphatic carbocycles. The van der Waals surface area contributed by atoms with Crippen molar-refractivity contribution in [1.29, 1.82) is 0 Å². The van der Waals surface area contributed by atoms with Crippen molar-refractivity contribution in [2.24, 2.45) is 9.98 Å². The average molecular weight is 467 g/mol. The molecule has 1 saturated heterocycles. The molecule has 1 unspecified atom stereocenters. The van der Waals surface area contributed by atoms with E-state index in [0.717, 1.165) is 25.0 Å². The zero-order valence-electron chi connectivity index (χ0n) is 19.7. The SMILES string of the molecule is Cc1cc(C(=O)N[C@@H](CC(=O)N2CCCC[C@@H]2C)C(=O)N[C@@H](C)C2=NC3C=CC=CC3=N2)no1. The van der Waals surface area contributed by atoms with Gasteiger partial charge in [0, 0.05) is 18.7 Å². The van der Waals surface area contributed by atoms with Gasteiger partial charge in [-0.05, 0) is 46.1 Å². The first-order valence-electron chi connectivity index (χ1n) is 11.7. The lowest BCUT2D eigenvalue weighted by molar-refractivity contribution is -0.137. The quantitative estimate of drug-likeness (QED) is 0.632. The molecular formula is C24H30N6O4. The first-order chi connectivity index (χ1) is 16.3. The summed E-state index contributed by atoms with van der Waals surface area (Å²) in [4.78, 5) is 49.8. The van der Waals surface area contributed by atoms with Crippen molar-refractivity contribution in [3.8, 4) is 0 Å². The number of nitrogens with zero attached hydrogens (tertiary/aromatic N) is 4. The van der Waals surface area contributed by atoms with Crippen molar-refractivity contribution in [1.82, 2.24) is 20.7 Å². The van der Waals surface area contributed by atoms with Crippen LogP contribution in [0.3, 0.4) is 0 Å². The van der Waals surface area contributed by atoms with Crippen LogP contribution in [-0.4, -0.2) is 70.0 Å². The van der Waals surface area contributed by atoms with E-state index >= 15 is 0 Å². The maximum atomic E-state index is 13.2. The van der Waals surface area contributed by atoms with Crippen LogP contribution in [0.4, 0.5) is 0 Å². The molecule has 3 aliphatic rings. The summed E-state index contributed by atoms with van der Waals surface area (Å²) >= 11 is 0. The number of aryl methyl sites for hydroxylation is 1. The van der Waals surface area contributed by atoms with Crippen LogP contribution < -0.4 is 10.6 Å². The number of carbonyl (C=O) groups excluding carboxylic acids is 3. The minimum absolute atomic E-state index is 0.0522. The van der Waals surface area contributed by atoms with Gasteiger partial charge in [0.25, 0.3) is 5.91 Å². The summed E-state index contributed by atoms with van der Waals surface area (Å²) in [6.45, 7) is 6.10. The van der Waals surface area contributed by atoms with Crippen molar-refractivity contribution >= 4 is 29.3 Å². The van der Waals surface area contributed by atoms with Gasteiger partial charge in [0.1, 0.15) is 23.7 Å². The number of fused-ring (bicyclic) bond motifs is 1. The number of nitrogens with one attached hydrogen (secondary N) is 2. The second kappa shape index (κ2) is 10.1. The molecule has 180 valence electrons. The second-order valence-electron chi connectivity index (χ2n) is 8.93. The fraction of sp³-hybridized carbons (Fsp3) is 0.500. The normalized spacial score (nSPS) is 23.0. The smallest absolute Gasteiger partial charge is 0.274 e. The molecule has 0 radical (unpaired) electrons. The average Bonchev–Trinajstić information content (AvgIpc) is 3.45. The summed E-state index contributed by atoms with van der Waals surface area (Å²) in [5, 5.41) is 9.23. The van der Waals surface area contributed by atoms with Gasteiger partial charge in [0.15, 0.2) is 5.69 Å². The van der Waals surface area contributed by atoms with E-state index in [9.17, 15) is 14.4 Å². The predicted molar refractivity (Wildman–Crippen MR) is 127 cm³/mol. The van der Waals surface area contributed by atoms with E-state index in [1.165, 1.54) is 6.07 Å². The van der Waals surface area contributed by atoms with Crippen molar-refractivity contribution in [3.05, 3.63) is 41.8 Å². The molecule has 10 nitrogen and oxygen atoms in total. The van der Waals surface area contributed by atoms with Crippen LogP contribution in [0.25, 0.3) is 0 Å². The van der Waals surface area contributed by atoms with Gasteiger partial charge in [0.2, 0.25) is 11.8 Å². The van der Waals surface area contributed by atoms with Crippen molar-refractivity contribution in [2.45, 2.75) is 70.6 Å². The Morgan fingerprint density at radius 1 is 1.24 bits per heavy atom. The standard InChI is InChI=1S/C24H30N6O4/c1-14-8-6-7-11-30(14)21(31)13-19(28-24(33)20-12-15(2)34-29-20)23(32)25-16(3)22-26-17-9-4-5-10-18(17)27-22/h4-5,9-10,12,14,16-17,19H,6-8,11,13H2,1-3H3,(H,25,32)(H,28,33)/t14-,16-,17?,19-/m0/s1. The largest absolute Gasteiger partial charge is 0.361 e. The molecular weight excluding hydrogens is 436 g/mol. The third-order valence-electron chi connectivity index (χ3n) is 6.22. The first kappa shape index (κ1) is 23.6. The number of hydrogen-bond donors (Lipinski definition) is 2. The number of likely N-dealkylation sites (tertiary alicyclic amines) is 1. The molecule has 3 amide bonds. The van der Waals surface area contributed by atoms with Gasteiger partial charge in [0.05, 0.1) is 18.2 Å². The molecule has 1 fully saturated rings. The molecule has 2 aliphatic heterocycles. The Morgan fingerprint density at radius 3 is 2.76 bits per heavy atom. The number of aromatic nitrogens is 1. The number of rotatable bonds is 7. The van der Waals surface area contributed by atoms with E-state index in [1.807, 2.05) is 31.2 Å². The Hall–Kier alpha value is -3.56. The van der Waals surface area contributed by atoms with E-state index in [0.29, 0.717) is 18.1 Å². The highest BCUT2D eigenvalue weighted by atomic mass is 16.5. The molecule has 0 bridgehead atoms. The van der Waals surface area contributed by atoms with Gasteiger partial charge in [-0.15, -0.1) is 0 Å². The molecule has 0 spiro atoms. The van der Waals surface area contributed by atoms with Gasteiger partial charge in [-0.25, -0.2) is 4.99 Å². The van der Waals surface area contributed by atoms with Gasteiger partial charge in [-0.1, -0.05) is 23.4 Å². The summed E-state index contributed by atoms with van der Waals surface area (Å²) < 4.78 is 4.97. The fourth-order valence-corrected chi connectivity index (χ4v) is 4.30. The summed E-state index contributed by atoms with van der Waals surface area (Å²) in [6, 6.07) is -0.137. The third kappa shape index (κ3) is 5.32. The Labute approximate surface area is 198 Å². The molecule has 3 heterocycles. The summed E-state index contributed by atoms with van der Waals surface area (Å²) in [5.74, 6) is -0.262. The lowest BCUT2D eigenvalue weighted by Crippen LogP contribution is -2.53. The Bertz CT molecular complexity index is 1080. The van der Waals surface area contributed by atoms with Gasteiger partial charge in [-0.2, -0.15) is 0 Å². The number of hydrogen-bond acceptors (Lipinski definition) is 7. The van der Waals surface area contributed by atoms with Crippen LogP contribution in [0.5, 0.6) is 0 Å². The van der Waals surface area contributed by atoms with E-state index in [4.69, 9.17) is 4.52 Å². The third-order valence-corrected chi connectivity index (χ3v) is 6.22. The van der Waals surface area contributed by atoms with Gasteiger partial charge >= 0.3 is 0 Å². The summed E-state index contributed by atoms with van der Waals surface area (Å²) in [7, 11) is 0. The Balaban J connectivity index is 1.47. The molecule has 2 N–H and O–H groups in total.